The summed E-state index contributed by atoms with van der Waals surface area (Å²) in [4.78, 5) is 2.32. The minimum atomic E-state index is 0.279. The smallest absolute Gasteiger partial charge is 0.0992 e. The predicted molar refractivity (Wildman–Crippen MR) is 75.6 cm³/mol. The van der Waals surface area contributed by atoms with Crippen molar-refractivity contribution in [1.29, 1.82) is 5.26 Å². The number of nitriles is 1. The molecule has 0 aliphatic carbocycles. The van der Waals surface area contributed by atoms with E-state index in [1.807, 2.05) is 18.2 Å². The van der Waals surface area contributed by atoms with Crippen molar-refractivity contribution in [2.75, 3.05) is 25.1 Å². The van der Waals surface area contributed by atoms with E-state index in [0.29, 0.717) is 11.5 Å². The number of methoxy groups -OCH3 is 1. The summed E-state index contributed by atoms with van der Waals surface area (Å²) in [5.74, 6) is 0.600. The van der Waals surface area contributed by atoms with Crippen LogP contribution in [0.4, 0.5) is 5.69 Å². The standard InChI is InChI=1S/C14H17BrN2O/c1-10-5-6-17(9-14(10)18-2)13-4-3-11(8-16)7-12(13)15/h3-4,7,10,14H,5-6,9H2,1-2H3. The molecule has 4 heteroatoms. The van der Waals surface area contributed by atoms with E-state index < -0.39 is 0 Å². The molecule has 0 spiro atoms. The first-order valence-electron chi connectivity index (χ1n) is 6.13. The molecule has 96 valence electrons. The summed E-state index contributed by atoms with van der Waals surface area (Å²) in [7, 11) is 1.78. The molecule has 1 heterocycles. The summed E-state index contributed by atoms with van der Waals surface area (Å²) in [5, 5.41) is 8.87. The number of piperidine rings is 1. The average Bonchev–Trinajstić information content (AvgIpc) is 2.39. The quantitative estimate of drug-likeness (QED) is 0.842. The lowest BCUT2D eigenvalue weighted by Crippen LogP contribution is -2.44. The second-order valence-electron chi connectivity index (χ2n) is 4.76. The Labute approximate surface area is 116 Å². The van der Waals surface area contributed by atoms with Crippen molar-refractivity contribution in [3.05, 3.63) is 28.2 Å². The monoisotopic (exact) mass is 308 g/mol. The zero-order valence-corrected chi connectivity index (χ0v) is 12.3. The fourth-order valence-corrected chi connectivity index (χ4v) is 3.02. The Morgan fingerprint density at radius 3 is 2.89 bits per heavy atom. The number of benzene rings is 1. The molecule has 1 aliphatic rings. The second kappa shape index (κ2) is 5.73. The van der Waals surface area contributed by atoms with Gasteiger partial charge in [-0.05, 0) is 46.5 Å². The van der Waals surface area contributed by atoms with E-state index in [4.69, 9.17) is 10.00 Å². The normalized spacial score (nSPS) is 23.8. The van der Waals surface area contributed by atoms with Crippen LogP contribution in [0.1, 0.15) is 18.9 Å². The summed E-state index contributed by atoms with van der Waals surface area (Å²) >= 11 is 3.55. The van der Waals surface area contributed by atoms with Crippen LogP contribution >= 0.6 is 15.9 Å². The van der Waals surface area contributed by atoms with E-state index >= 15 is 0 Å². The molecule has 2 atom stereocenters. The third-order valence-electron chi connectivity index (χ3n) is 3.61. The number of rotatable bonds is 2. The van der Waals surface area contributed by atoms with Gasteiger partial charge in [0.2, 0.25) is 0 Å². The SMILES string of the molecule is COC1CN(c2ccc(C#N)cc2Br)CCC1C. The summed E-state index contributed by atoms with van der Waals surface area (Å²) in [6, 6.07) is 7.89. The minimum absolute atomic E-state index is 0.279. The Morgan fingerprint density at radius 2 is 2.28 bits per heavy atom. The van der Waals surface area contributed by atoms with Crippen LogP contribution in [0.3, 0.4) is 0 Å². The Bertz CT molecular complexity index is 469. The van der Waals surface area contributed by atoms with Crippen molar-refractivity contribution >= 4 is 21.6 Å². The molecule has 2 rings (SSSR count). The van der Waals surface area contributed by atoms with Gasteiger partial charge in [0.25, 0.3) is 0 Å². The first kappa shape index (κ1) is 13.4. The lowest BCUT2D eigenvalue weighted by atomic mass is 9.95. The first-order chi connectivity index (χ1) is 8.65. The maximum Gasteiger partial charge on any atom is 0.0992 e. The van der Waals surface area contributed by atoms with E-state index in [1.165, 1.54) is 0 Å². The van der Waals surface area contributed by atoms with Crippen molar-refractivity contribution < 1.29 is 4.74 Å². The highest BCUT2D eigenvalue weighted by atomic mass is 79.9. The maximum absolute atomic E-state index is 8.87. The Hall–Kier alpha value is -1.05. The molecule has 1 aromatic rings. The van der Waals surface area contributed by atoms with Crippen LogP contribution in [0.2, 0.25) is 0 Å². The van der Waals surface area contributed by atoms with Crippen molar-refractivity contribution in [1.82, 2.24) is 0 Å². The second-order valence-corrected chi connectivity index (χ2v) is 5.62. The van der Waals surface area contributed by atoms with Gasteiger partial charge in [-0.2, -0.15) is 5.26 Å². The zero-order chi connectivity index (χ0) is 13.1. The lowest BCUT2D eigenvalue weighted by Gasteiger charge is -2.38. The van der Waals surface area contributed by atoms with E-state index in [9.17, 15) is 0 Å². The van der Waals surface area contributed by atoms with Gasteiger partial charge < -0.3 is 9.64 Å². The summed E-state index contributed by atoms with van der Waals surface area (Å²) in [6.45, 7) is 4.17. The van der Waals surface area contributed by atoms with Gasteiger partial charge in [0.15, 0.2) is 0 Å². The number of halogens is 1. The largest absolute Gasteiger partial charge is 0.379 e. The fraction of sp³-hybridized carbons (Fsp3) is 0.500. The Balaban J connectivity index is 2.20. The molecule has 0 N–H and O–H groups in total. The molecule has 1 aromatic carbocycles. The number of hydrogen-bond acceptors (Lipinski definition) is 3. The molecule has 1 saturated heterocycles. The van der Waals surface area contributed by atoms with Gasteiger partial charge in [-0.15, -0.1) is 0 Å². The molecule has 0 radical (unpaired) electrons. The number of nitrogens with zero attached hydrogens (tertiary/aromatic N) is 2. The number of ether oxygens (including phenoxy) is 1. The molecule has 2 unspecified atom stereocenters. The summed E-state index contributed by atoms with van der Waals surface area (Å²) in [6.07, 6.45) is 1.41. The molecule has 0 saturated carbocycles. The molecule has 0 amide bonds. The highest BCUT2D eigenvalue weighted by Crippen LogP contribution is 2.31. The molecule has 0 aromatic heterocycles. The van der Waals surface area contributed by atoms with Crippen molar-refractivity contribution in [3.63, 3.8) is 0 Å². The van der Waals surface area contributed by atoms with E-state index in [-0.39, 0.29) is 6.10 Å². The molecule has 1 aliphatic heterocycles. The van der Waals surface area contributed by atoms with Gasteiger partial charge in [-0.3, -0.25) is 0 Å². The highest BCUT2D eigenvalue weighted by molar-refractivity contribution is 9.10. The molecular weight excluding hydrogens is 292 g/mol. The van der Waals surface area contributed by atoms with Gasteiger partial charge in [0.05, 0.1) is 23.4 Å². The van der Waals surface area contributed by atoms with Gasteiger partial charge in [-0.1, -0.05) is 6.92 Å². The van der Waals surface area contributed by atoms with Crippen LogP contribution < -0.4 is 4.90 Å². The van der Waals surface area contributed by atoms with E-state index in [0.717, 1.165) is 29.7 Å². The zero-order valence-electron chi connectivity index (χ0n) is 10.7. The van der Waals surface area contributed by atoms with Crippen LogP contribution in [0.15, 0.2) is 22.7 Å². The van der Waals surface area contributed by atoms with Crippen LogP contribution in [0, 0.1) is 17.2 Å². The molecule has 3 nitrogen and oxygen atoms in total. The molecule has 1 fully saturated rings. The van der Waals surface area contributed by atoms with Gasteiger partial charge in [0.1, 0.15) is 0 Å². The fourth-order valence-electron chi connectivity index (χ4n) is 2.39. The lowest BCUT2D eigenvalue weighted by molar-refractivity contribution is 0.0498. The van der Waals surface area contributed by atoms with E-state index in [2.05, 4.69) is 33.8 Å². The van der Waals surface area contributed by atoms with Crippen molar-refractivity contribution in [3.8, 4) is 6.07 Å². The molecule has 0 bridgehead atoms. The number of hydrogen-bond donors (Lipinski definition) is 0. The van der Waals surface area contributed by atoms with Crippen molar-refractivity contribution in [2.24, 2.45) is 5.92 Å². The number of anilines is 1. The van der Waals surface area contributed by atoms with Crippen LogP contribution in [-0.2, 0) is 4.74 Å². The maximum atomic E-state index is 8.87. The van der Waals surface area contributed by atoms with Gasteiger partial charge >= 0.3 is 0 Å². The van der Waals surface area contributed by atoms with Crippen LogP contribution in [-0.4, -0.2) is 26.3 Å². The first-order valence-corrected chi connectivity index (χ1v) is 6.92. The average molecular weight is 309 g/mol. The van der Waals surface area contributed by atoms with Crippen LogP contribution in [0.25, 0.3) is 0 Å². The van der Waals surface area contributed by atoms with Gasteiger partial charge in [-0.25, -0.2) is 0 Å². The Morgan fingerprint density at radius 1 is 1.50 bits per heavy atom. The third kappa shape index (κ3) is 2.68. The van der Waals surface area contributed by atoms with Crippen LogP contribution in [0.5, 0.6) is 0 Å². The summed E-state index contributed by atoms with van der Waals surface area (Å²) < 4.78 is 6.51. The minimum Gasteiger partial charge on any atom is -0.379 e. The molecular formula is C14H17BrN2O. The molecule has 18 heavy (non-hydrogen) atoms. The van der Waals surface area contributed by atoms with E-state index in [1.54, 1.807) is 7.11 Å². The Kier molecular flexibility index (Phi) is 4.26. The van der Waals surface area contributed by atoms with Crippen molar-refractivity contribution in [2.45, 2.75) is 19.4 Å². The topological polar surface area (TPSA) is 36.3 Å². The third-order valence-corrected chi connectivity index (χ3v) is 4.24. The summed E-state index contributed by atoms with van der Waals surface area (Å²) in [5.41, 5.74) is 1.82. The highest BCUT2D eigenvalue weighted by Gasteiger charge is 2.26. The predicted octanol–water partition coefficient (Wildman–Crippen LogP) is 3.18. The van der Waals surface area contributed by atoms with Gasteiger partial charge in [0, 0.05) is 24.7 Å².